The first-order chi connectivity index (χ1) is 11.7. The second-order valence-electron chi connectivity index (χ2n) is 4.59. The number of nitrogens with zero attached hydrogens (tertiary/aromatic N) is 2. The first-order valence-electron chi connectivity index (χ1n) is 6.93. The number of thioether (sulfide) groups is 1. The van der Waals surface area contributed by atoms with E-state index in [0.717, 1.165) is 0 Å². The Balaban J connectivity index is 1.53. The molecule has 0 saturated carbocycles. The quantitative estimate of drug-likeness (QED) is 0.405. The zero-order valence-corrected chi connectivity index (χ0v) is 13.9. The van der Waals surface area contributed by atoms with Gasteiger partial charge in [-0.1, -0.05) is 41.3 Å². The summed E-state index contributed by atoms with van der Waals surface area (Å²) in [4.78, 5) is 11.8. The zero-order valence-electron chi connectivity index (χ0n) is 12.3. The van der Waals surface area contributed by atoms with Gasteiger partial charge in [-0.25, -0.2) is 4.39 Å². The van der Waals surface area contributed by atoms with Crippen molar-refractivity contribution in [3.63, 3.8) is 0 Å². The van der Waals surface area contributed by atoms with Gasteiger partial charge < -0.3 is 4.42 Å². The summed E-state index contributed by atoms with van der Waals surface area (Å²) in [6.07, 6.45) is 4.44. The highest BCUT2D eigenvalue weighted by molar-refractivity contribution is 8.00. The van der Waals surface area contributed by atoms with Crippen LogP contribution in [0, 0.1) is 5.82 Å². The van der Waals surface area contributed by atoms with Gasteiger partial charge in [0.2, 0.25) is 11.0 Å². The van der Waals surface area contributed by atoms with Gasteiger partial charge in [-0.05, 0) is 29.8 Å². The lowest BCUT2D eigenvalue weighted by Gasteiger charge is -1.99. The van der Waals surface area contributed by atoms with Gasteiger partial charge in [-0.3, -0.25) is 10.1 Å². The van der Waals surface area contributed by atoms with Crippen molar-refractivity contribution >= 4 is 40.2 Å². The van der Waals surface area contributed by atoms with Gasteiger partial charge in [0.15, 0.2) is 4.34 Å². The number of amides is 1. The fourth-order valence-electron chi connectivity index (χ4n) is 1.76. The molecule has 0 aliphatic carbocycles. The monoisotopic (exact) mass is 361 g/mol. The molecule has 3 rings (SSSR count). The lowest BCUT2D eigenvalue weighted by atomic mass is 10.2. The predicted molar refractivity (Wildman–Crippen MR) is 92.2 cm³/mol. The van der Waals surface area contributed by atoms with Crippen molar-refractivity contribution in [1.82, 2.24) is 10.2 Å². The number of hydrogen-bond donors (Lipinski definition) is 1. The summed E-state index contributed by atoms with van der Waals surface area (Å²) >= 11 is 2.61. The SMILES string of the molecule is O=C(C=Cc1ccco1)Nc1nnc(SCc2ccccc2F)s1. The van der Waals surface area contributed by atoms with E-state index in [0.29, 0.717) is 26.5 Å². The number of hydrogen-bond acceptors (Lipinski definition) is 6. The first-order valence-corrected chi connectivity index (χ1v) is 8.73. The van der Waals surface area contributed by atoms with Crippen molar-refractivity contribution in [1.29, 1.82) is 0 Å². The number of benzene rings is 1. The minimum atomic E-state index is -0.326. The highest BCUT2D eigenvalue weighted by Gasteiger charge is 2.08. The van der Waals surface area contributed by atoms with Gasteiger partial charge in [-0.15, -0.1) is 10.2 Å². The summed E-state index contributed by atoms with van der Waals surface area (Å²) in [6.45, 7) is 0. The number of carbonyl (C=O) groups is 1. The molecule has 0 saturated heterocycles. The van der Waals surface area contributed by atoms with E-state index in [-0.39, 0.29) is 11.7 Å². The Morgan fingerprint density at radius 1 is 1.29 bits per heavy atom. The molecule has 0 unspecified atom stereocenters. The molecule has 0 aliphatic rings. The van der Waals surface area contributed by atoms with Crippen molar-refractivity contribution in [2.24, 2.45) is 0 Å². The van der Waals surface area contributed by atoms with E-state index in [9.17, 15) is 9.18 Å². The van der Waals surface area contributed by atoms with Gasteiger partial charge in [-0.2, -0.15) is 0 Å². The molecule has 1 aromatic carbocycles. The molecule has 2 aromatic heterocycles. The predicted octanol–water partition coefficient (Wildman–Crippen LogP) is 4.21. The molecular formula is C16H12FN3O2S2. The fourth-order valence-corrected chi connectivity index (χ4v) is 3.51. The summed E-state index contributed by atoms with van der Waals surface area (Å²) in [5.74, 6) is 0.469. The number of halogens is 1. The lowest BCUT2D eigenvalue weighted by molar-refractivity contribution is -0.111. The molecule has 0 bridgehead atoms. The average Bonchev–Trinajstić information content (AvgIpc) is 3.24. The van der Waals surface area contributed by atoms with Crippen LogP contribution in [0.4, 0.5) is 9.52 Å². The summed E-state index contributed by atoms with van der Waals surface area (Å²) < 4.78 is 19.3. The van der Waals surface area contributed by atoms with Crippen LogP contribution >= 0.6 is 23.1 Å². The second-order valence-corrected chi connectivity index (χ2v) is 6.79. The van der Waals surface area contributed by atoms with E-state index in [4.69, 9.17) is 4.42 Å². The normalized spacial score (nSPS) is 11.0. The number of carbonyl (C=O) groups excluding carboxylic acids is 1. The lowest BCUT2D eigenvalue weighted by Crippen LogP contribution is -2.07. The maximum Gasteiger partial charge on any atom is 0.250 e. The van der Waals surface area contributed by atoms with Gasteiger partial charge in [0.1, 0.15) is 11.6 Å². The van der Waals surface area contributed by atoms with Gasteiger partial charge in [0.25, 0.3) is 0 Å². The molecule has 1 amide bonds. The van der Waals surface area contributed by atoms with Crippen LogP contribution in [0.3, 0.4) is 0 Å². The molecule has 0 radical (unpaired) electrons. The Morgan fingerprint density at radius 2 is 2.17 bits per heavy atom. The largest absolute Gasteiger partial charge is 0.465 e. The molecule has 122 valence electrons. The van der Waals surface area contributed by atoms with Gasteiger partial charge in [0, 0.05) is 11.8 Å². The maximum atomic E-state index is 13.6. The number of anilines is 1. The Bertz CT molecular complexity index is 847. The number of aromatic nitrogens is 2. The molecule has 0 spiro atoms. The molecule has 1 N–H and O–H groups in total. The molecule has 8 heteroatoms. The molecule has 3 aromatic rings. The summed E-state index contributed by atoms with van der Waals surface area (Å²) in [5, 5.41) is 10.9. The second kappa shape index (κ2) is 7.89. The molecule has 0 aliphatic heterocycles. The molecule has 24 heavy (non-hydrogen) atoms. The molecular weight excluding hydrogens is 349 g/mol. The fraction of sp³-hybridized carbons (Fsp3) is 0.0625. The molecule has 0 fully saturated rings. The van der Waals surface area contributed by atoms with E-state index in [1.165, 1.54) is 41.5 Å². The minimum Gasteiger partial charge on any atom is -0.465 e. The summed E-state index contributed by atoms with van der Waals surface area (Å²) in [5.41, 5.74) is 0.602. The molecule has 5 nitrogen and oxygen atoms in total. The topological polar surface area (TPSA) is 68.0 Å². The third kappa shape index (κ3) is 4.53. The van der Waals surface area contributed by atoms with Crippen LogP contribution in [0.2, 0.25) is 0 Å². The van der Waals surface area contributed by atoms with Crippen LogP contribution in [0.1, 0.15) is 11.3 Å². The van der Waals surface area contributed by atoms with Crippen molar-refractivity contribution in [2.75, 3.05) is 5.32 Å². The van der Waals surface area contributed by atoms with Gasteiger partial charge in [0.05, 0.1) is 6.26 Å². The zero-order chi connectivity index (χ0) is 16.8. The summed E-state index contributed by atoms with van der Waals surface area (Å²) in [7, 11) is 0. The van der Waals surface area contributed by atoms with E-state index in [1.54, 1.807) is 36.4 Å². The van der Waals surface area contributed by atoms with E-state index >= 15 is 0 Å². The van der Waals surface area contributed by atoms with Crippen molar-refractivity contribution in [3.05, 3.63) is 65.9 Å². The van der Waals surface area contributed by atoms with E-state index in [1.807, 2.05) is 0 Å². The number of rotatable bonds is 6. The average molecular weight is 361 g/mol. The van der Waals surface area contributed by atoms with Crippen LogP contribution < -0.4 is 5.32 Å². The highest BCUT2D eigenvalue weighted by Crippen LogP contribution is 2.28. The Morgan fingerprint density at radius 3 is 2.96 bits per heavy atom. The third-order valence-electron chi connectivity index (χ3n) is 2.89. The van der Waals surface area contributed by atoms with Crippen LogP contribution in [0.5, 0.6) is 0 Å². The van der Waals surface area contributed by atoms with Crippen LogP contribution in [0.25, 0.3) is 6.08 Å². The van der Waals surface area contributed by atoms with Crippen molar-refractivity contribution in [2.45, 2.75) is 10.1 Å². The van der Waals surface area contributed by atoms with Crippen LogP contribution in [-0.2, 0) is 10.5 Å². The smallest absolute Gasteiger partial charge is 0.250 e. The first kappa shape index (κ1) is 16.4. The standard InChI is InChI=1S/C16H12FN3O2S2/c17-13-6-2-1-4-11(13)10-23-16-20-19-15(24-16)18-14(21)8-7-12-5-3-9-22-12/h1-9H,10H2,(H,18,19,21). The van der Waals surface area contributed by atoms with Crippen molar-refractivity contribution in [3.8, 4) is 0 Å². The minimum absolute atomic E-state index is 0.244. The third-order valence-corrected chi connectivity index (χ3v) is 4.91. The Hall–Kier alpha value is -2.45. The maximum absolute atomic E-state index is 13.6. The Kier molecular flexibility index (Phi) is 5.39. The van der Waals surface area contributed by atoms with Crippen molar-refractivity contribution < 1.29 is 13.6 Å². The summed E-state index contributed by atoms with van der Waals surface area (Å²) in [6, 6.07) is 10.1. The van der Waals surface area contributed by atoms with Gasteiger partial charge >= 0.3 is 0 Å². The van der Waals surface area contributed by atoms with Crippen LogP contribution in [0.15, 0.2) is 57.5 Å². The molecule has 2 heterocycles. The number of nitrogens with one attached hydrogen (secondary N) is 1. The van der Waals surface area contributed by atoms with E-state index < -0.39 is 0 Å². The Labute approximate surface area is 145 Å². The van der Waals surface area contributed by atoms with Crippen LogP contribution in [-0.4, -0.2) is 16.1 Å². The molecule has 0 atom stereocenters. The number of furan rings is 1. The highest BCUT2D eigenvalue weighted by atomic mass is 32.2. The van der Waals surface area contributed by atoms with E-state index in [2.05, 4.69) is 15.5 Å².